The Kier molecular flexibility index (Phi) is 5.90. The third-order valence-electron chi connectivity index (χ3n) is 3.56. The zero-order chi connectivity index (χ0) is 18.4. The Morgan fingerprint density at radius 2 is 1.84 bits per heavy atom. The number of nitrogens with one attached hydrogen (secondary N) is 1. The molecule has 0 saturated carbocycles. The molecule has 132 valence electrons. The summed E-state index contributed by atoms with van der Waals surface area (Å²) < 4.78 is 52.6. The predicted octanol–water partition coefficient (Wildman–Crippen LogP) is 4.76. The maximum absolute atomic E-state index is 13.2. The Balaban J connectivity index is 2.42. The fourth-order valence-electron chi connectivity index (χ4n) is 2.45. The minimum absolute atomic E-state index is 0.0968. The van der Waals surface area contributed by atoms with E-state index < -0.39 is 17.6 Å². The zero-order valence-electron chi connectivity index (χ0n) is 13.4. The average molecular weight is 352 g/mol. The van der Waals surface area contributed by atoms with Gasteiger partial charge in [0.05, 0.1) is 11.3 Å². The zero-order valence-corrected chi connectivity index (χ0v) is 13.4. The van der Waals surface area contributed by atoms with E-state index in [2.05, 4.69) is 10.5 Å². The van der Waals surface area contributed by atoms with Crippen LogP contribution >= 0.6 is 0 Å². The summed E-state index contributed by atoms with van der Waals surface area (Å²) in [6.45, 7) is 1.94. The van der Waals surface area contributed by atoms with Gasteiger partial charge in [-0.15, -0.1) is 0 Å². The molecule has 7 heteroatoms. The van der Waals surface area contributed by atoms with Crippen molar-refractivity contribution in [2.24, 2.45) is 5.10 Å². The molecule has 1 N–H and O–H groups in total. The highest BCUT2D eigenvalue weighted by Gasteiger charge is 2.34. The molecule has 0 aromatic heterocycles. The van der Waals surface area contributed by atoms with E-state index in [9.17, 15) is 22.4 Å². The number of halogens is 4. The van der Waals surface area contributed by atoms with Gasteiger partial charge in [0.25, 0.3) is 0 Å². The standard InChI is InChI=1S/C18H16F4N2O/c1-2-3-17(24-23-11-25)13-6-4-12(5-7-13)15-9-8-14(19)10-16(15)18(20,21)22/h4-11H,2-3H2,1H3,(H,23,25)/b24-17+. The Labute approximate surface area is 142 Å². The van der Waals surface area contributed by atoms with Crippen LogP contribution in [0.15, 0.2) is 47.6 Å². The molecule has 0 saturated heterocycles. The Hall–Kier alpha value is -2.70. The number of hydrogen-bond donors (Lipinski definition) is 1. The van der Waals surface area contributed by atoms with Crippen molar-refractivity contribution in [3.8, 4) is 11.1 Å². The van der Waals surface area contributed by atoms with Gasteiger partial charge in [-0.1, -0.05) is 43.7 Å². The highest BCUT2D eigenvalue weighted by Crippen LogP contribution is 2.37. The lowest BCUT2D eigenvalue weighted by Gasteiger charge is -2.14. The first-order valence-electron chi connectivity index (χ1n) is 7.60. The van der Waals surface area contributed by atoms with Crippen molar-refractivity contribution in [3.05, 3.63) is 59.4 Å². The molecule has 1 amide bonds. The normalized spacial score (nSPS) is 12.1. The SMILES string of the molecule is CCC/C(=N\NC=O)c1ccc(-c2ccc(F)cc2C(F)(F)F)cc1. The van der Waals surface area contributed by atoms with E-state index in [0.29, 0.717) is 35.7 Å². The molecular weight excluding hydrogens is 336 g/mol. The lowest BCUT2D eigenvalue weighted by atomic mass is 9.96. The summed E-state index contributed by atoms with van der Waals surface area (Å²) in [7, 11) is 0. The molecule has 2 aromatic rings. The van der Waals surface area contributed by atoms with E-state index in [1.807, 2.05) is 6.92 Å². The van der Waals surface area contributed by atoms with E-state index in [0.717, 1.165) is 18.6 Å². The average Bonchev–Trinajstić information content (AvgIpc) is 2.58. The van der Waals surface area contributed by atoms with Crippen LogP contribution in [0, 0.1) is 5.82 Å². The molecular formula is C18H16F4N2O. The van der Waals surface area contributed by atoms with Crippen molar-refractivity contribution >= 4 is 12.1 Å². The van der Waals surface area contributed by atoms with Gasteiger partial charge in [0.2, 0.25) is 6.41 Å². The van der Waals surface area contributed by atoms with E-state index in [4.69, 9.17) is 0 Å². The Morgan fingerprint density at radius 3 is 2.40 bits per heavy atom. The third-order valence-corrected chi connectivity index (χ3v) is 3.56. The topological polar surface area (TPSA) is 41.5 Å². The van der Waals surface area contributed by atoms with Crippen LogP contribution in [0.3, 0.4) is 0 Å². The first-order valence-corrected chi connectivity index (χ1v) is 7.60. The van der Waals surface area contributed by atoms with Gasteiger partial charge in [-0.05, 0) is 35.2 Å². The van der Waals surface area contributed by atoms with Crippen molar-refractivity contribution in [2.75, 3.05) is 0 Å². The summed E-state index contributed by atoms with van der Waals surface area (Å²) in [5.41, 5.74) is 2.74. The van der Waals surface area contributed by atoms with E-state index >= 15 is 0 Å². The molecule has 0 atom stereocenters. The third kappa shape index (κ3) is 4.65. The smallest absolute Gasteiger partial charge is 0.277 e. The van der Waals surface area contributed by atoms with Gasteiger partial charge in [-0.3, -0.25) is 4.79 Å². The molecule has 0 unspecified atom stereocenters. The summed E-state index contributed by atoms with van der Waals surface area (Å²) in [6, 6.07) is 8.88. The number of nitrogens with zero attached hydrogens (tertiary/aromatic N) is 1. The maximum atomic E-state index is 13.2. The number of alkyl halides is 3. The summed E-state index contributed by atoms with van der Waals surface area (Å²) in [5.74, 6) is -0.940. The van der Waals surface area contributed by atoms with Crippen LogP contribution in [0.4, 0.5) is 17.6 Å². The van der Waals surface area contributed by atoms with Crippen LogP contribution in [0.25, 0.3) is 11.1 Å². The van der Waals surface area contributed by atoms with Crippen molar-refractivity contribution in [3.63, 3.8) is 0 Å². The molecule has 0 heterocycles. The largest absolute Gasteiger partial charge is 0.417 e. The summed E-state index contributed by atoms with van der Waals surface area (Å²) in [4.78, 5) is 10.4. The first kappa shape index (κ1) is 18.6. The predicted molar refractivity (Wildman–Crippen MR) is 87.5 cm³/mol. The van der Waals surface area contributed by atoms with Gasteiger partial charge in [0.15, 0.2) is 0 Å². The molecule has 2 aromatic carbocycles. The molecule has 0 aliphatic rings. The second-order valence-electron chi connectivity index (χ2n) is 5.32. The Bertz CT molecular complexity index is 768. The van der Waals surface area contributed by atoms with Gasteiger partial charge < -0.3 is 0 Å². The molecule has 0 radical (unpaired) electrons. The molecule has 0 aliphatic carbocycles. The lowest BCUT2D eigenvalue weighted by molar-refractivity contribution is -0.137. The van der Waals surface area contributed by atoms with Crippen LogP contribution in [-0.2, 0) is 11.0 Å². The summed E-state index contributed by atoms with van der Waals surface area (Å²) in [5, 5.41) is 3.94. The molecule has 0 fully saturated rings. The van der Waals surface area contributed by atoms with Crippen molar-refractivity contribution in [2.45, 2.75) is 25.9 Å². The molecule has 0 spiro atoms. The molecule has 25 heavy (non-hydrogen) atoms. The lowest BCUT2D eigenvalue weighted by Crippen LogP contribution is -2.10. The van der Waals surface area contributed by atoms with Crippen LogP contribution in [0.1, 0.15) is 30.9 Å². The van der Waals surface area contributed by atoms with Gasteiger partial charge in [0, 0.05) is 0 Å². The summed E-state index contributed by atoms with van der Waals surface area (Å²) in [6.07, 6.45) is -2.82. The second-order valence-corrected chi connectivity index (χ2v) is 5.32. The monoisotopic (exact) mass is 352 g/mol. The van der Waals surface area contributed by atoms with E-state index in [1.165, 1.54) is 12.1 Å². The molecule has 3 nitrogen and oxygen atoms in total. The van der Waals surface area contributed by atoms with Gasteiger partial charge in [-0.25, -0.2) is 9.82 Å². The number of hydrogen-bond acceptors (Lipinski definition) is 2. The van der Waals surface area contributed by atoms with Crippen molar-refractivity contribution < 1.29 is 22.4 Å². The second kappa shape index (κ2) is 7.92. The molecule has 0 aliphatic heterocycles. The van der Waals surface area contributed by atoms with Gasteiger partial charge >= 0.3 is 6.18 Å². The minimum atomic E-state index is -4.65. The molecule has 0 bridgehead atoms. The van der Waals surface area contributed by atoms with Gasteiger partial charge in [-0.2, -0.15) is 18.3 Å². The van der Waals surface area contributed by atoms with Crippen molar-refractivity contribution in [1.82, 2.24) is 5.43 Å². The fourth-order valence-corrected chi connectivity index (χ4v) is 2.45. The number of hydrazone groups is 1. The summed E-state index contributed by atoms with van der Waals surface area (Å²) >= 11 is 0. The van der Waals surface area contributed by atoms with Crippen LogP contribution in [0.5, 0.6) is 0 Å². The first-order chi connectivity index (χ1) is 11.9. The van der Waals surface area contributed by atoms with Gasteiger partial charge in [0.1, 0.15) is 5.82 Å². The number of rotatable bonds is 6. The van der Waals surface area contributed by atoms with Crippen LogP contribution < -0.4 is 5.43 Å². The fraction of sp³-hybridized carbons (Fsp3) is 0.222. The maximum Gasteiger partial charge on any atom is 0.417 e. The highest BCUT2D eigenvalue weighted by atomic mass is 19.4. The van der Waals surface area contributed by atoms with E-state index in [1.54, 1.807) is 12.1 Å². The van der Waals surface area contributed by atoms with E-state index in [-0.39, 0.29) is 5.56 Å². The quantitative estimate of drug-likeness (QED) is 0.346. The number of amides is 1. The Morgan fingerprint density at radius 1 is 1.16 bits per heavy atom. The number of carbonyl (C=O) groups excluding carboxylic acids is 1. The number of carbonyl (C=O) groups is 1. The number of benzene rings is 2. The molecule has 2 rings (SSSR count). The van der Waals surface area contributed by atoms with Crippen molar-refractivity contribution in [1.29, 1.82) is 0 Å². The minimum Gasteiger partial charge on any atom is -0.277 e. The van der Waals surface area contributed by atoms with Crippen LogP contribution in [-0.4, -0.2) is 12.1 Å². The highest BCUT2D eigenvalue weighted by molar-refractivity contribution is 6.01. The van der Waals surface area contributed by atoms with Crippen LogP contribution in [0.2, 0.25) is 0 Å².